The SMILES string of the molecule is COc1cc(CNCCNC[C@@H](C)O)ccc1OCc1ccc(Cl)c(Cl)c1. The number of aliphatic hydroxyl groups is 1. The van der Waals surface area contributed by atoms with Crippen LogP contribution in [0.2, 0.25) is 10.0 Å². The summed E-state index contributed by atoms with van der Waals surface area (Å²) in [6, 6.07) is 11.3. The molecule has 0 aliphatic heterocycles. The molecule has 0 heterocycles. The van der Waals surface area contributed by atoms with Crippen molar-refractivity contribution in [1.29, 1.82) is 0 Å². The molecule has 0 fully saturated rings. The number of hydrogen-bond donors (Lipinski definition) is 3. The molecule has 0 amide bonds. The average Bonchev–Trinajstić information content (AvgIpc) is 2.65. The fraction of sp³-hybridized carbons (Fsp3) is 0.400. The van der Waals surface area contributed by atoms with Crippen molar-refractivity contribution in [1.82, 2.24) is 10.6 Å². The van der Waals surface area contributed by atoms with Crippen LogP contribution in [0.4, 0.5) is 0 Å². The summed E-state index contributed by atoms with van der Waals surface area (Å²) in [6.45, 7) is 5.06. The highest BCUT2D eigenvalue weighted by Crippen LogP contribution is 2.29. The Bertz CT molecular complexity index is 726. The Kier molecular flexibility index (Phi) is 9.18. The summed E-state index contributed by atoms with van der Waals surface area (Å²) in [6.07, 6.45) is -0.328. The Morgan fingerprint density at radius 2 is 1.70 bits per heavy atom. The lowest BCUT2D eigenvalue weighted by molar-refractivity contribution is 0.191. The van der Waals surface area contributed by atoms with Crippen molar-refractivity contribution in [3.8, 4) is 11.5 Å². The third-order valence-corrected chi connectivity index (χ3v) is 4.59. The van der Waals surface area contributed by atoms with Gasteiger partial charge in [0.15, 0.2) is 11.5 Å². The van der Waals surface area contributed by atoms with Gasteiger partial charge >= 0.3 is 0 Å². The molecule has 0 spiro atoms. The van der Waals surface area contributed by atoms with Gasteiger partial charge < -0.3 is 25.2 Å². The molecule has 2 aromatic carbocycles. The van der Waals surface area contributed by atoms with E-state index in [1.807, 2.05) is 24.3 Å². The van der Waals surface area contributed by atoms with E-state index in [1.165, 1.54) is 0 Å². The first-order chi connectivity index (χ1) is 13.0. The third-order valence-electron chi connectivity index (χ3n) is 3.85. The predicted molar refractivity (Wildman–Crippen MR) is 110 cm³/mol. The van der Waals surface area contributed by atoms with Crippen molar-refractivity contribution >= 4 is 23.2 Å². The van der Waals surface area contributed by atoms with Gasteiger partial charge in [-0.1, -0.05) is 35.3 Å². The molecule has 0 aliphatic carbocycles. The van der Waals surface area contributed by atoms with Crippen LogP contribution in [-0.2, 0) is 13.2 Å². The average molecular weight is 413 g/mol. The van der Waals surface area contributed by atoms with Crippen LogP contribution in [0.5, 0.6) is 11.5 Å². The zero-order valence-electron chi connectivity index (χ0n) is 15.6. The molecule has 3 N–H and O–H groups in total. The van der Waals surface area contributed by atoms with Crippen molar-refractivity contribution in [3.63, 3.8) is 0 Å². The lowest BCUT2D eigenvalue weighted by Gasteiger charge is -2.13. The molecule has 0 aliphatic rings. The molecule has 0 radical (unpaired) electrons. The summed E-state index contributed by atoms with van der Waals surface area (Å²) in [7, 11) is 1.62. The summed E-state index contributed by atoms with van der Waals surface area (Å²) < 4.78 is 11.3. The first-order valence-electron chi connectivity index (χ1n) is 8.82. The second-order valence-electron chi connectivity index (χ2n) is 6.25. The third kappa shape index (κ3) is 7.56. The van der Waals surface area contributed by atoms with Crippen LogP contribution >= 0.6 is 23.2 Å². The molecule has 0 saturated heterocycles. The Morgan fingerprint density at radius 1 is 0.963 bits per heavy atom. The number of rotatable bonds is 11. The second-order valence-corrected chi connectivity index (χ2v) is 7.07. The van der Waals surface area contributed by atoms with Crippen molar-refractivity contribution in [2.75, 3.05) is 26.7 Å². The van der Waals surface area contributed by atoms with Crippen molar-refractivity contribution in [2.45, 2.75) is 26.2 Å². The zero-order valence-corrected chi connectivity index (χ0v) is 17.1. The number of benzene rings is 2. The normalized spacial score (nSPS) is 12.0. The highest BCUT2D eigenvalue weighted by molar-refractivity contribution is 6.42. The predicted octanol–water partition coefficient (Wildman–Crippen LogP) is 3.64. The lowest BCUT2D eigenvalue weighted by Crippen LogP contribution is -2.31. The first kappa shape index (κ1) is 21.8. The van der Waals surface area contributed by atoms with E-state index >= 15 is 0 Å². The van der Waals surface area contributed by atoms with Crippen LogP contribution in [-0.4, -0.2) is 38.0 Å². The van der Waals surface area contributed by atoms with Gasteiger partial charge in [0, 0.05) is 26.2 Å². The highest BCUT2D eigenvalue weighted by Gasteiger charge is 2.07. The molecular weight excluding hydrogens is 387 g/mol. The van der Waals surface area contributed by atoms with Gasteiger partial charge in [-0.2, -0.15) is 0 Å². The van der Waals surface area contributed by atoms with E-state index in [2.05, 4.69) is 10.6 Å². The van der Waals surface area contributed by atoms with Gasteiger partial charge in [-0.25, -0.2) is 0 Å². The summed E-state index contributed by atoms with van der Waals surface area (Å²) in [5.41, 5.74) is 2.03. The maximum atomic E-state index is 9.19. The fourth-order valence-corrected chi connectivity index (χ4v) is 2.77. The largest absolute Gasteiger partial charge is 0.493 e. The van der Waals surface area contributed by atoms with Crippen LogP contribution < -0.4 is 20.1 Å². The van der Waals surface area contributed by atoms with E-state index in [9.17, 15) is 5.11 Å². The van der Waals surface area contributed by atoms with Gasteiger partial charge in [0.1, 0.15) is 6.61 Å². The lowest BCUT2D eigenvalue weighted by atomic mass is 10.2. The standard InChI is InChI=1S/C20H26Cl2N2O3/c1-14(25)11-23-7-8-24-12-15-4-6-19(20(10-15)26-2)27-13-16-3-5-17(21)18(22)9-16/h3-6,9-10,14,23-25H,7-8,11-13H2,1-2H3/t14-/m1/s1. The summed E-state index contributed by atoms with van der Waals surface area (Å²) in [4.78, 5) is 0. The van der Waals surface area contributed by atoms with Gasteiger partial charge in [-0.3, -0.25) is 0 Å². The molecular formula is C20H26Cl2N2O3. The molecule has 2 aromatic rings. The Labute approximate surface area is 170 Å². The topological polar surface area (TPSA) is 62.8 Å². The van der Waals surface area contributed by atoms with Crippen molar-refractivity contribution in [3.05, 3.63) is 57.6 Å². The van der Waals surface area contributed by atoms with E-state index < -0.39 is 0 Å². The minimum atomic E-state index is -0.328. The van der Waals surface area contributed by atoms with Crippen LogP contribution in [0, 0.1) is 0 Å². The van der Waals surface area contributed by atoms with Crippen LogP contribution in [0.15, 0.2) is 36.4 Å². The molecule has 27 heavy (non-hydrogen) atoms. The summed E-state index contributed by atoms with van der Waals surface area (Å²) in [5.74, 6) is 1.35. The molecule has 0 aromatic heterocycles. The van der Waals surface area contributed by atoms with Gasteiger partial charge in [0.05, 0.1) is 23.3 Å². The van der Waals surface area contributed by atoms with Gasteiger partial charge in [-0.05, 0) is 42.3 Å². The van der Waals surface area contributed by atoms with Crippen LogP contribution in [0.25, 0.3) is 0 Å². The van der Waals surface area contributed by atoms with E-state index in [-0.39, 0.29) is 6.10 Å². The van der Waals surface area contributed by atoms with E-state index in [0.29, 0.717) is 34.7 Å². The number of methoxy groups -OCH3 is 1. The number of halogens is 2. The maximum Gasteiger partial charge on any atom is 0.161 e. The fourth-order valence-electron chi connectivity index (χ4n) is 2.45. The molecule has 2 rings (SSSR count). The number of nitrogens with one attached hydrogen (secondary N) is 2. The highest BCUT2D eigenvalue weighted by atomic mass is 35.5. The second kappa shape index (κ2) is 11.4. The van der Waals surface area contributed by atoms with Crippen LogP contribution in [0.3, 0.4) is 0 Å². The smallest absolute Gasteiger partial charge is 0.161 e. The quantitative estimate of drug-likeness (QED) is 0.491. The van der Waals surface area contributed by atoms with Crippen molar-refractivity contribution in [2.24, 2.45) is 0 Å². The monoisotopic (exact) mass is 412 g/mol. The van der Waals surface area contributed by atoms with Crippen LogP contribution in [0.1, 0.15) is 18.1 Å². The van der Waals surface area contributed by atoms with E-state index in [0.717, 1.165) is 30.8 Å². The maximum absolute atomic E-state index is 9.19. The minimum Gasteiger partial charge on any atom is -0.493 e. The molecule has 1 atom stereocenters. The number of ether oxygens (including phenoxy) is 2. The molecule has 0 unspecified atom stereocenters. The Hall–Kier alpha value is -1.50. The molecule has 7 heteroatoms. The van der Waals surface area contributed by atoms with Crippen molar-refractivity contribution < 1.29 is 14.6 Å². The summed E-state index contributed by atoms with van der Waals surface area (Å²) >= 11 is 12.0. The zero-order chi connectivity index (χ0) is 19.6. The molecule has 0 bridgehead atoms. The summed E-state index contributed by atoms with van der Waals surface area (Å²) in [5, 5.41) is 16.7. The molecule has 148 valence electrons. The molecule has 5 nitrogen and oxygen atoms in total. The van der Waals surface area contributed by atoms with Gasteiger partial charge in [0.2, 0.25) is 0 Å². The van der Waals surface area contributed by atoms with Gasteiger partial charge in [-0.15, -0.1) is 0 Å². The van der Waals surface area contributed by atoms with Gasteiger partial charge in [0.25, 0.3) is 0 Å². The number of aliphatic hydroxyl groups excluding tert-OH is 1. The Morgan fingerprint density at radius 3 is 2.41 bits per heavy atom. The molecule has 0 saturated carbocycles. The Balaban J connectivity index is 1.84. The van der Waals surface area contributed by atoms with E-state index in [1.54, 1.807) is 26.2 Å². The first-order valence-corrected chi connectivity index (χ1v) is 9.58. The minimum absolute atomic E-state index is 0.328. The van der Waals surface area contributed by atoms with E-state index in [4.69, 9.17) is 32.7 Å². The number of hydrogen-bond acceptors (Lipinski definition) is 5.